The van der Waals surface area contributed by atoms with Gasteiger partial charge in [0.25, 0.3) is 5.91 Å². The number of nitrogens with zero attached hydrogens (tertiary/aromatic N) is 2. The van der Waals surface area contributed by atoms with Crippen molar-refractivity contribution in [2.75, 3.05) is 39.9 Å². The number of hydrogen-bond donors (Lipinski definition) is 0. The summed E-state index contributed by atoms with van der Waals surface area (Å²) >= 11 is 0. The molecule has 2 heterocycles. The molecule has 25 heavy (non-hydrogen) atoms. The molecular formula is C20H28N2O3. The fourth-order valence-electron chi connectivity index (χ4n) is 4.36. The molecule has 2 saturated heterocycles. The second-order valence-corrected chi connectivity index (χ2v) is 7.38. The largest absolute Gasteiger partial charge is 0.384 e. The third kappa shape index (κ3) is 3.30. The minimum Gasteiger partial charge on any atom is -0.384 e. The van der Waals surface area contributed by atoms with E-state index in [9.17, 15) is 9.59 Å². The summed E-state index contributed by atoms with van der Waals surface area (Å²) in [6.45, 7) is 7.45. The average molecular weight is 344 g/mol. The van der Waals surface area contributed by atoms with Crippen LogP contribution in [-0.2, 0) is 9.53 Å². The maximum Gasteiger partial charge on any atom is 0.253 e. The second kappa shape index (κ2) is 7.16. The van der Waals surface area contributed by atoms with Gasteiger partial charge in [0, 0.05) is 44.3 Å². The van der Waals surface area contributed by atoms with E-state index in [1.807, 2.05) is 47.9 Å². The minimum atomic E-state index is -0.0753. The molecule has 5 nitrogen and oxygen atoms in total. The Labute approximate surface area is 149 Å². The number of amides is 2. The Bertz CT molecular complexity index is 650. The molecule has 1 aromatic rings. The Balaban J connectivity index is 1.72. The lowest BCUT2D eigenvalue weighted by Crippen LogP contribution is -2.47. The molecule has 2 aliphatic rings. The Morgan fingerprint density at radius 3 is 2.64 bits per heavy atom. The minimum absolute atomic E-state index is 0.0491. The van der Waals surface area contributed by atoms with Crippen molar-refractivity contribution in [2.45, 2.75) is 26.7 Å². The van der Waals surface area contributed by atoms with Crippen LogP contribution in [0.4, 0.5) is 0 Å². The van der Waals surface area contributed by atoms with Gasteiger partial charge >= 0.3 is 0 Å². The number of aryl methyl sites for hydroxylation is 1. The van der Waals surface area contributed by atoms with Gasteiger partial charge in [0.05, 0.1) is 12.5 Å². The first-order chi connectivity index (χ1) is 12.0. The van der Waals surface area contributed by atoms with Gasteiger partial charge in [0.2, 0.25) is 5.91 Å². The Hall–Kier alpha value is -1.88. The van der Waals surface area contributed by atoms with Crippen LogP contribution in [0.5, 0.6) is 0 Å². The average Bonchev–Trinajstić information content (AvgIpc) is 2.88. The molecule has 2 fully saturated rings. The number of carbonyl (C=O) groups excluding carboxylic acids is 2. The Morgan fingerprint density at radius 2 is 2.04 bits per heavy atom. The molecule has 1 aromatic carbocycles. The molecule has 3 rings (SSSR count). The molecule has 0 aliphatic carbocycles. The van der Waals surface area contributed by atoms with E-state index in [0.29, 0.717) is 19.7 Å². The number of hydrogen-bond acceptors (Lipinski definition) is 3. The summed E-state index contributed by atoms with van der Waals surface area (Å²) in [5.41, 5.74) is 1.80. The zero-order valence-corrected chi connectivity index (χ0v) is 15.5. The van der Waals surface area contributed by atoms with Gasteiger partial charge in [-0.25, -0.2) is 0 Å². The third-order valence-electron chi connectivity index (χ3n) is 5.88. The van der Waals surface area contributed by atoms with Crippen LogP contribution in [-0.4, -0.2) is 61.5 Å². The first-order valence-corrected chi connectivity index (χ1v) is 9.14. The molecule has 2 aliphatic heterocycles. The van der Waals surface area contributed by atoms with E-state index in [0.717, 1.165) is 37.1 Å². The molecule has 0 unspecified atom stereocenters. The van der Waals surface area contributed by atoms with Crippen LogP contribution >= 0.6 is 0 Å². The van der Waals surface area contributed by atoms with E-state index in [-0.39, 0.29) is 23.1 Å². The zero-order valence-electron chi connectivity index (χ0n) is 15.5. The number of likely N-dealkylation sites (tertiary alicyclic amines) is 2. The summed E-state index contributed by atoms with van der Waals surface area (Å²) in [4.78, 5) is 29.3. The lowest BCUT2D eigenvalue weighted by Gasteiger charge is -2.41. The van der Waals surface area contributed by atoms with Crippen LogP contribution in [0.2, 0.25) is 0 Å². The van der Waals surface area contributed by atoms with Gasteiger partial charge < -0.3 is 14.5 Å². The van der Waals surface area contributed by atoms with Crippen molar-refractivity contribution < 1.29 is 14.3 Å². The summed E-state index contributed by atoms with van der Waals surface area (Å²) in [7, 11) is 1.66. The van der Waals surface area contributed by atoms with Gasteiger partial charge in [0.15, 0.2) is 0 Å². The number of rotatable bonds is 4. The monoisotopic (exact) mass is 344 g/mol. The number of piperidine rings is 1. The highest BCUT2D eigenvalue weighted by molar-refractivity contribution is 5.94. The number of methoxy groups -OCH3 is 1. The zero-order chi connectivity index (χ0) is 18.0. The van der Waals surface area contributed by atoms with Crippen LogP contribution in [0.15, 0.2) is 24.3 Å². The highest BCUT2D eigenvalue weighted by atomic mass is 16.5. The Kier molecular flexibility index (Phi) is 5.13. The standard InChI is InChI=1S/C20H28N2O3/c1-4-21-14-20(17(13-25-3)19(21)24)8-10-22(11-9-20)18(23)16-7-5-6-15(2)12-16/h5-7,12,17H,4,8-11,13-14H2,1-3H3/t17-/m1/s1. The SMILES string of the molecule is CCN1CC2(CCN(C(=O)c3cccc(C)c3)CC2)[C@H](COC)C1=O. The van der Waals surface area contributed by atoms with E-state index in [4.69, 9.17) is 4.74 Å². The molecule has 0 radical (unpaired) electrons. The molecule has 136 valence electrons. The topological polar surface area (TPSA) is 49.9 Å². The Morgan fingerprint density at radius 1 is 1.32 bits per heavy atom. The van der Waals surface area contributed by atoms with Crippen molar-refractivity contribution in [3.05, 3.63) is 35.4 Å². The van der Waals surface area contributed by atoms with Gasteiger partial charge in [-0.2, -0.15) is 0 Å². The molecule has 1 spiro atoms. The van der Waals surface area contributed by atoms with Crippen molar-refractivity contribution in [2.24, 2.45) is 11.3 Å². The number of benzene rings is 1. The highest BCUT2D eigenvalue weighted by Gasteiger charge is 2.52. The van der Waals surface area contributed by atoms with Crippen LogP contribution in [0.25, 0.3) is 0 Å². The maximum absolute atomic E-state index is 12.8. The fraction of sp³-hybridized carbons (Fsp3) is 0.600. The molecule has 1 atom stereocenters. The van der Waals surface area contributed by atoms with Crippen molar-refractivity contribution in [1.82, 2.24) is 9.80 Å². The molecule has 2 amide bonds. The lowest BCUT2D eigenvalue weighted by atomic mass is 9.71. The highest BCUT2D eigenvalue weighted by Crippen LogP contribution is 2.45. The van der Waals surface area contributed by atoms with Crippen molar-refractivity contribution in [3.8, 4) is 0 Å². The first-order valence-electron chi connectivity index (χ1n) is 9.14. The van der Waals surface area contributed by atoms with Crippen LogP contribution < -0.4 is 0 Å². The molecule has 5 heteroatoms. The van der Waals surface area contributed by atoms with Crippen molar-refractivity contribution in [3.63, 3.8) is 0 Å². The van der Waals surface area contributed by atoms with Gasteiger partial charge in [-0.15, -0.1) is 0 Å². The summed E-state index contributed by atoms with van der Waals surface area (Å²) in [5, 5.41) is 0. The van der Waals surface area contributed by atoms with Gasteiger partial charge in [0.1, 0.15) is 0 Å². The summed E-state index contributed by atoms with van der Waals surface area (Å²) in [5.74, 6) is 0.231. The summed E-state index contributed by atoms with van der Waals surface area (Å²) < 4.78 is 5.35. The molecule has 0 aromatic heterocycles. The lowest BCUT2D eigenvalue weighted by molar-refractivity contribution is -0.133. The van der Waals surface area contributed by atoms with Crippen LogP contribution in [0.3, 0.4) is 0 Å². The summed E-state index contributed by atoms with van der Waals surface area (Å²) in [6.07, 6.45) is 1.72. The van der Waals surface area contributed by atoms with Crippen molar-refractivity contribution >= 4 is 11.8 Å². The van der Waals surface area contributed by atoms with Gasteiger partial charge in [-0.1, -0.05) is 17.7 Å². The van der Waals surface area contributed by atoms with E-state index < -0.39 is 0 Å². The number of ether oxygens (including phenoxy) is 1. The first kappa shape index (κ1) is 17.9. The quantitative estimate of drug-likeness (QED) is 0.842. The van der Waals surface area contributed by atoms with E-state index in [1.165, 1.54) is 0 Å². The van der Waals surface area contributed by atoms with E-state index >= 15 is 0 Å². The fourth-order valence-corrected chi connectivity index (χ4v) is 4.36. The molecule has 0 N–H and O–H groups in total. The smallest absolute Gasteiger partial charge is 0.253 e. The normalized spacial score (nSPS) is 22.7. The van der Waals surface area contributed by atoms with E-state index in [1.54, 1.807) is 7.11 Å². The van der Waals surface area contributed by atoms with Crippen LogP contribution in [0, 0.1) is 18.3 Å². The van der Waals surface area contributed by atoms with Crippen LogP contribution in [0.1, 0.15) is 35.7 Å². The number of carbonyl (C=O) groups is 2. The van der Waals surface area contributed by atoms with Gasteiger partial charge in [-0.05, 0) is 38.8 Å². The molecule has 0 saturated carbocycles. The molecule has 0 bridgehead atoms. The maximum atomic E-state index is 12.8. The van der Waals surface area contributed by atoms with Gasteiger partial charge in [-0.3, -0.25) is 9.59 Å². The second-order valence-electron chi connectivity index (χ2n) is 7.38. The van der Waals surface area contributed by atoms with E-state index in [2.05, 4.69) is 0 Å². The predicted octanol–water partition coefficient (Wildman–Crippen LogP) is 2.34. The van der Waals surface area contributed by atoms with Crippen molar-refractivity contribution in [1.29, 1.82) is 0 Å². The summed E-state index contributed by atoms with van der Waals surface area (Å²) in [6, 6.07) is 7.75. The molecular weight excluding hydrogens is 316 g/mol. The third-order valence-corrected chi connectivity index (χ3v) is 5.88. The predicted molar refractivity (Wildman–Crippen MR) is 96.4 cm³/mol.